The van der Waals surface area contributed by atoms with E-state index in [9.17, 15) is 18.0 Å². The largest absolute Gasteiger partial charge is 0.405 e. The number of hydrogen-bond donors (Lipinski definition) is 1. The van der Waals surface area contributed by atoms with Gasteiger partial charge in [0, 0.05) is 13.1 Å². The van der Waals surface area contributed by atoms with E-state index in [1.54, 1.807) is 0 Å². The number of nitrogens with one attached hydrogen (secondary N) is 1. The molecule has 0 aliphatic carbocycles. The summed E-state index contributed by atoms with van der Waals surface area (Å²) in [5.74, 6) is 0.762. The molecule has 94 valence electrons. The van der Waals surface area contributed by atoms with Crippen LogP contribution in [0.1, 0.15) is 20.3 Å². The Labute approximate surface area is 93.0 Å². The highest BCUT2D eigenvalue weighted by Gasteiger charge is 2.33. The number of nitrogens with zero attached hydrogens (tertiary/aromatic N) is 1. The highest BCUT2D eigenvalue weighted by Crippen LogP contribution is 2.25. The molecule has 0 aromatic heterocycles. The van der Waals surface area contributed by atoms with Gasteiger partial charge < -0.3 is 10.2 Å². The average Bonchev–Trinajstić information content (AvgIpc) is 2.55. The Bertz CT molecular complexity index is 255. The second kappa shape index (κ2) is 4.93. The molecule has 0 aromatic carbocycles. The zero-order valence-electron chi connectivity index (χ0n) is 9.47. The minimum absolute atomic E-state index is 0.363. The minimum Gasteiger partial charge on any atom is -0.329 e. The fourth-order valence-electron chi connectivity index (χ4n) is 2.02. The van der Waals surface area contributed by atoms with Gasteiger partial charge in [-0.25, -0.2) is 4.79 Å². The first-order chi connectivity index (χ1) is 7.33. The molecule has 1 aliphatic rings. The molecule has 0 spiro atoms. The van der Waals surface area contributed by atoms with Crippen LogP contribution < -0.4 is 5.32 Å². The molecule has 2 amide bonds. The number of likely N-dealkylation sites (tertiary alicyclic amines) is 1. The topological polar surface area (TPSA) is 32.3 Å². The number of urea groups is 1. The van der Waals surface area contributed by atoms with Crippen molar-refractivity contribution in [2.75, 3.05) is 19.6 Å². The van der Waals surface area contributed by atoms with E-state index < -0.39 is 18.8 Å². The number of alkyl halides is 3. The predicted octanol–water partition coefficient (Wildman–Crippen LogP) is 2.24. The maximum absolute atomic E-state index is 11.9. The van der Waals surface area contributed by atoms with Crippen molar-refractivity contribution in [1.29, 1.82) is 0 Å². The summed E-state index contributed by atoms with van der Waals surface area (Å²) in [6.45, 7) is 3.89. The first-order valence-corrected chi connectivity index (χ1v) is 5.43. The molecular weight excluding hydrogens is 221 g/mol. The molecule has 0 bridgehead atoms. The van der Waals surface area contributed by atoms with Gasteiger partial charge in [-0.15, -0.1) is 0 Å². The molecule has 1 saturated heterocycles. The van der Waals surface area contributed by atoms with E-state index in [1.807, 2.05) is 19.2 Å². The van der Waals surface area contributed by atoms with Crippen LogP contribution >= 0.6 is 0 Å². The molecule has 0 radical (unpaired) electrons. The maximum Gasteiger partial charge on any atom is 0.405 e. The number of rotatable bonds is 2. The van der Waals surface area contributed by atoms with Gasteiger partial charge in [0.15, 0.2) is 0 Å². The molecule has 1 N–H and O–H groups in total. The number of carbonyl (C=O) groups is 1. The van der Waals surface area contributed by atoms with Gasteiger partial charge in [0.05, 0.1) is 0 Å². The fraction of sp³-hybridized carbons (Fsp3) is 0.900. The molecule has 1 aliphatic heterocycles. The predicted molar refractivity (Wildman–Crippen MR) is 54.0 cm³/mol. The second-order valence-electron chi connectivity index (χ2n) is 4.32. The zero-order valence-corrected chi connectivity index (χ0v) is 9.47. The Morgan fingerprint density at radius 1 is 1.44 bits per heavy atom. The number of halogens is 3. The van der Waals surface area contributed by atoms with E-state index in [0.29, 0.717) is 24.9 Å². The first kappa shape index (κ1) is 13.1. The summed E-state index contributed by atoms with van der Waals surface area (Å²) < 4.78 is 35.7. The Morgan fingerprint density at radius 3 is 2.50 bits per heavy atom. The van der Waals surface area contributed by atoms with Crippen LogP contribution in [-0.4, -0.2) is 36.7 Å². The lowest BCUT2D eigenvalue weighted by Gasteiger charge is -2.17. The molecule has 6 heteroatoms. The van der Waals surface area contributed by atoms with Crippen molar-refractivity contribution >= 4 is 6.03 Å². The SMILES string of the molecule is CC[C@@H]1CN(C(=O)NCC(F)(F)F)CC1C. The van der Waals surface area contributed by atoms with Gasteiger partial charge >= 0.3 is 12.2 Å². The number of amides is 2. The summed E-state index contributed by atoms with van der Waals surface area (Å²) in [4.78, 5) is 12.9. The van der Waals surface area contributed by atoms with Gasteiger partial charge in [0.25, 0.3) is 0 Å². The first-order valence-electron chi connectivity index (χ1n) is 5.43. The molecule has 1 heterocycles. The summed E-state index contributed by atoms with van der Waals surface area (Å²) >= 11 is 0. The molecule has 1 unspecified atom stereocenters. The van der Waals surface area contributed by atoms with Crippen molar-refractivity contribution < 1.29 is 18.0 Å². The van der Waals surface area contributed by atoms with Crippen LogP contribution in [0.5, 0.6) is 0 Å². The minimum atomic E-state index is -4.34. The van der Waals surface area contributed by atoms with E-state index in [4.69, 9.17) is 0 Å². The molecule has 0 aromatic rings. The van der Waals surface area contributed by atoms with Gasteiger partial charge in [-0.1, -0.05) is 20.3 Å². The van der Waals surface area contributed by atoms with Crippen LogP contribution in [0.25, 0.3) is 0 Å². The van der Waals surface area contributed by atoms with Crippen LogP contribution in [0.4, 0.5) is 18.0 Å². The van der Waals surface area contributed by atoms with Gasteiger partial charge in [-0.3, -0.25) is 0 Å². The normalized spacial score (nSPS) is 25.9. The van der Waals surface area contributed by atoms with Crippen molar-refractivity contribution in [2.24, 2.45) is 11.8 Å². The number of carbonyl (C=O) groups excluding carboxylic acids is 1. The second-order valence-corrected chi connectivity index (χ2v) is 4.32. The van der Waals surface area contributed by atoms with Gasteiger partial charge in [-0.2, -0.15) is 13.2 Å². The van der Waals surface area contributed by atoms with Gasteiger partial charge in [0.2, 0.25) is 0 Å². The van der Waals surface area contributed by atoms with Crippen LogP contribution in [-0.2, 0) is 0 Å². The number of hydrogen-bond acceptors (Lipinski definition) is 1. The summed E-state index contributed by atoms with van der Waals surface area (Å²) in [7, 11) is 0. The molecule has 3 nitrogen and oxygen atoms in total. The summed E-state index contributed by atoms with van der Waals surface area (Å²) in [5, 5.41) is 1.89. The van der Waals surface area contributed by atoms with Crippen molar-refractivity contribution in [3.8, 4) is 0 Å². The van der Waals surface area contributed by atoms with E-state index in [-0.39, 0.29) is 0 Å². The molecule has 1 fully saturated rings. The Kier molecular flexibility index (Phi) is 4.04. The van der Waals surface area contributed by atoms with Gasteiger partial charge in [0.1, 0.15) is 6.54 Å². The summed E-state index contributed by atoms with van der Waals surface area (Å²) in [5.41, 5.74) is 0. The Balaban J connectivity index is 2.39. The smallest absolute Gasteiger partial charge is 0.329 e. The molecular formula is C10H17F3N2O. The van der Waals surface area contributed by atoms with E-state index >= 15 is 0 Å². The van der Waals surface area contributed by atoms with Crippen molar-refractivity contribution in [1.82, 2.24) is 10.2 Å². The van der Waals surface area contributed by atoms with Crippen LogP contribution in [0.2, 0.25) is 0 Å². The third kappa shape index (κ3) is 3.57. The summed E-state index contributed by atoms with van der Waals surface area (Å²) in [6.07, 6.45) is -3.39. The third-order valence-electron chi connectivity index (χ3n) is 3.02. The Morgan fingerprint density at radius 2 is 2.06 bits per heavy atom. The zero-order chi connectivity index (χ0) is 12.3. The van der Waals surface area contributed by atoms with Crippen molar-refractivity contribution in [3.63, 3.8) is 0 Å². The third-order valence-corrected chi connectivity index (χ3v) is 3.02. The Hall–Kier alpha value is -0.940. The molecule has 2 atom stereocenters. The monoisotopic (exact) mass is 238 g/mol. The standard InChI is InChI=1S/C10H17F3N2O/c1-3-8-5-15(4-7(8)2)9(16)14-6-10(11,12)13/h7-8H,3-6H2,1-2H3,(H,14,16)/t7?,8-/m1/s1. The fourth-order valence-corrected chi connectivity index (χ4v) is 2.02. The van der Waals surface area contributed by atoms with Crippen molar-refractivity contribution in [3.05, 3.63) is 0 Å². The van der Waals surface area contributed by atoms with E-state index in [1.165, 1.54) is 4.90 Å². The van der Waals surface area contributed by atoms with E-state index in [2.05, 4.69) is 0 Å². The molecule has 16 heavy (non-hydrogen) atoms. The quantitative estimate of drug-likeness (QED) is 0.786. The van der Waals surface area contributed by atoms with E-state index in [0.717, 1.165) is 6.42 Å². The lowest BCUT2D eigenvalue weighted by atomic mass is 9.96. The van der Waals surface area contributed by atoms with Crippen LogP contribution in [0.3, 0.4) is 0 Å². The van der Waals surface area contributed by atoms with Crippen LogP contribution in [0, 0.1) is 11.8 Å². The summed E-state index contributed by atoms with van der Waals surface area (Å²) in [6, 6.07) is -0.611. The maximum atomic E-state index is 11.9. The van der Waals surface area contributed by atoms with Crippen LogP contribution in [0.15, 0.2) is 0 Å². The average molecular weight is 238 g/mol. The lowest BCUT2D eigenvalue weighted by molar-refractivity contribution is -0.123. The van der Waals surface area contributed by atoms with Crippen molar-refractivity contribution in [2.45, 2.75) is 26.4 Å². The molecule has 0 saturated carbocycles. The highest BCUT2D eigenvalue weighted by molar-refractivity contribution is 5.74. The lowest BCUT2D eigenvalue weighted by Crippen LogP contribution is -2.42. The highest BCUT2D eigenvalue weighted by atomic mass is 19.4. The van der Waals surface area contributed by atoms with Gasteiger partial charge in [-0.05, 0) is 11.8 Å². The molecule has 1 rings (SSSR count).